The largest absolute Gasteiger partial charge is 0.493 e. The Morgan fingerprint density at radius 2 is 1.90 bits per heavy atom. The number of benzene rings is 2. The number of rotatable bonds is 6. The van der Waals surface area contributed by atoms with Gasteiger partial charge in [0.15, 0.2) is 11.5 Å². The van der Waals surface area contributed by atoms with Crippen LogP contribution < -0.4 is 9.47 Å². The van der Waals surface area contributed by atoms with E-state index in [4.69, 9.17) is 21.1 Å². The molecule has 0 aliphatic carbocycles. The molecule has 0 aliphatic heterocycles. The molecule has 0 aromatic heterocycles. The molecule has 0 aliphatic rings. The van der Waals surface area contributed by atoms with Gasteiger partial charge in [-0.25, -0.2) is 0 Å². The molecule has 0 amide bonds. The Morgan fingerprint density at radius 3 is 2.55 bits per heavy atom. The summed E-state index contributed by atoms with van der Waals surface area (Å²) in [5, 5.41) is 9.90. The minimum Gasteiger partial charge on any atom is -0.493 e. The molecule has 0 heterocycles. The number of methoxy groups -OCH3 is 1. The van der Waals surface area contributed by atoms with E-state index in [0.717, 1.165) is 6.42 Å². The van der Waals surface area contributed by atoms with E-state index in [2.05, 4.69) is 12.1 Å². The topological polar surface area (TPSA) is 38.7 Å². The predicted octanol–water partition coefficient (Wildman–Crippen LogP) is 3.46. The summed E-state index contributed by atoms with van der Waals surface area (Å²) in [6.07, 6.45) is 0.789. The van der Waals surface area contributed by atoms with Crippen molar-refractivity contribution >= 4 is 11.6 Å². The predicted molar refractivity (Wildman–Crippen MR) is 79.6 cm³/mol. The van der Waals surface area contributed by atoms with Crippen molar-refractivity contribution in [3.8, 4) is 11.5 Å². The van der Waals surface area contributed by atoms with Gasteiger partial charge in [-0.2, -0.15) is 0 Å². The number of halogens is 1. The lowest BCUT2D eigenvalue weighted by molar-refractivity contribution is 0.256. The van der Waals surface area contributed by atoms with Crippen LogP contribution in [0.2, 0.25) is 5.02 Å². The number of ether oxygens (including phenoxy) is 2. The van der Waals surface area contributed by atoms with E-state index in [9.17, 15) is 5.11 Å². The lowest BCUT2D eigenvalue weighted by atomic mass is 10.1. The van der Waals surface area contributed by atoms with Crippen molar-refractivity contribution in [1.29, 1.82) is 0 Å². The maximum atomic E-state index is 9.39. The van der Waals surface area contributed by atoms with Crippen molar-refractivity contribution in [2.24, 2.45) is 0 Å². The molecule has 4 heteroatoms. The Hall–Kier alpha value is -1.71. The summed E-state index contributed by atoms with van der Waals surface area (Å²) in [6, 6.07) is 13.4. The van der Waals surface area contributed by atoms with Gasteiger partial charge < -0.3 is 14.6 Å². The van der Waals surface area contributed by atoms with E-state index in [1.54, 1.807) is 19.2 Å². The Balaban J connectivity index is 2.08. The fourth-order valence-corrected chi connectivity index (χ4v) is 2.20. The fourth-order valence-electron chi connectivity index (χ4n) is 1.97. The lowest BCUT2D eigenvalue weighted by Crippen LogP contribution is -2.05. The summed E-state index contributed by atoms with van der Waals surface area (Å²) < 4.78 is 11.0. The Kier molecular flexibility index (Phi) is 5.27. The molecular formula is C16H17ClO3. The van der Waals surface area contributed by atoms with Crippen molar-refractivity contribution in [1.82, 2.24) is 0 Å². The van der Waals surface area contributed by atoms with Crippen molar-refractivity contribution in [3.63, 3.8) is 0 Å². The van der Waals surface area contributed by atoms with Gasteiger partial charge in [-0.1, -0.05) is 41.9 Å². The van der Waals surface area contributed by atoms with Crippen molar-refractivity contribution in [2.45, 2.75) is 13.0 Å². The quantitative estimate of drug-likeness (QED) is 0.886. The monoisotopic (exact) mass is 292 g/mol. The van der Waals surface area contributed by atoms with Crippen molar-refractivity contribution < 1.29 is 14.6 Å². The smallest absolute Gasteiger partial charge is 0.166 e. The van der Waals surface area contributed by atoms with Crippen LogP contribution in [-0.4, -0.2) is 18.8 Å². The summed E-state index contributed by atoms with van der Waals surface area (Å²) >= 11 is 5.96. The molecule has 106 valence electrons. The molecule has 0 atom stereocenters. The summed E-state index contributed by atoms with van der Waals surface area (Å²) in [5.74, 6) is 1.09. The second-order valence-electron chi connectivity index (χ2n) is 4.34. The Labute approximate surface area is 123 Å². The van der Waals surface area contributed by atoms with Crippen LogP contribution in [0.5, 0.6) is 11.5 Å². The summed E-state index contributed by atoms with van der Waals surface area (Å²) in [7, 11) is 1.55. The first-order chi connectivity index (χ1) is 9.74. The van der Waals surface area contributed by atoms with E-state index in [1.807, 2.05) is 18.2 Å². The maximum absolute atomic E-state index is 9.39. The zero-order chi connectivity index (χ0) is 14.4. The van der Waals surface area contributed by atoms with E-state index < -0.39 is 0 Å². The number of aliphatic hydroxyl groups is 1. The second kappa shape index (κ2) is 7.17. The molecule has 0 saturated carbocycles. The number of hydrogen-bond donors (Lipinski definition) is 1. The van der Waals surface area contributed by atoms with Crippen LogP contribution in [0.3, 0.4) is 0 Å². The molecule has 1 N–H and O–H groups in total. The second-order valence-corrected chi connectivity index (χ2v) is 4.77. The highest BCUT2D eigenvalue weighted by molar-refractivity contribution is 6.30. The molecule has 2 rings (SSSR count). The van der Waals surface area contributed by atoms with Crippen LogP contribution in [0.15, 0.2) is 42.5 Å². The molecule has 3 nitrogen and oxygen atoms in total. The van der Waals surface area contributed by atoms with Gasteiger partial charge in [-0.05, 0) is 11.6 Å². The molecule has 20 heavy (non-hydrogen) atoms. The average Bonchev–Trinajstić information content (AvgIpc) is 2.49. The summed E-state index contributed by atoms with van der Waals surface area (Å²) in [4.78, 5) is 0. The van der Waals surface area contributed by atoms with Crippen molar-refractivity contribution in [3.05, 3.63) is 58.6 Å². The number of hydrogen-bond acceptors (Lipinski definition) is 3. The van der Waals surface area contributed by atoms with E-state index in [0.29, 0.717) is 28.7 Å². The molecule has 0 radical (unpaired) electrons. The third kappa shape index (κ3) is 3.65. The first-order valence-electron chi connectivity index (χ1n) is 6.38. The third-order valence-corrected chi connectivity index (χ3v) is 3.18. The van der Waals surface area contributed by atoms with E-state index >= 15 is 0 Å². The Bertz CT molecular complexity index is 530. The first kappa shape index (κ1) is 14.7. The van der Waals surface area contributed by atoms with Gasteiger partial charge >= 0.3 is 0 Å². The van der Waals surface area contributed by atoms with E-state index in [-0.39, 0.29) is 6.61 Å². The van der Waals surface area contributed by atoms with Gasteiger partial charge in [0, 0.05) is 23.1 Å². The standard InChI is InChI=1S/C16H17ClO3/c1-19-15-10-14(17)9-13(11-18)16(15)20-8-7-12-5-3-2-4-6-12/h2-6,9-10,18H,7-8,11H2,1H3. The molecule has 0 bridgehead atoms. The fraction of sp³-hybridized carbons (Fsp3) is 0.250. The summed E-state index contributed by atoms with van der Waals surface area (Å²) in [5.41, 5.74) is 1.83. The van der Waals surface area contributed by atoms with Crippen LogP contribution in [0.1, 0.15) is 11.1 Å². The van der Waals surface area contributed by atoms with Crippen LogP contribution in [0.25, 0.3) is 0 Å². The van der Waals surface area contributed by atoms with Gasteiger partial charge in [-0.3, -0.25) is 0 Å². The lowest BCUT2D eigenvalue weighted by Gasteiger charge is -2.14. The van der Waals surface area contributed by atoms with Gasteiger partial charge in [0.05, 0.1) is 20.3 Å². The molecule has 2 aromatic rings. The highest BCUT2D eigenvalue weighted by atomic mass is 35.5. The van der Waals surface area contributed by atoms with Crippen molar-refractivity contribution in [2.75, 3.05) is 13.7 Å². The molecule has 0 fully saturated rings. The SMILES string of the molecule is COc1cc(Cl)cc(CO)c1OCCc1ccccc1. The van der Waals surface area contributed by atoms with Gasteiger partial charge in [0.1, 0.15) is 0 Å². The maximum Gasteiger partial charge on any atom is 0.166 e. The molecule has 0 saturated heterocycles. The van der Waals surface area contributed by atoms with Crippen LogP contribution in [0, 0.1) is 0 Å². The normalized spacial score (nSPS) is 10.3. The molecule has 0 spiro atoms. The van der Waals surface area contributed by atoms with Crippen LogP contribution >= 0.6 is 11.6 Å². The van der Waals surface area contributed by atoms with Gasteiger partial charge in [-0.15, -0.1) is 0 Å². The highest BCUT2D eigenvalue weighted by Gasteiger charge is 2.12. The third-order valence-electron chi connectivity index (χ3n) is 2.97. The molecule has 2 aromatic carbocycles. The zero-order valence-corrected chi connectivity index (χ0v) is 12.1. The van der Waals surface area contributed by atoms with Crippen LogP contribution in [-0.2, 0) is 13.0 Å². The average molecular weight is 293 g/mol. The van der Waals surface area contributed by atoms with Crippen LogP contribution in [0.4, 0.5) is 0 Å². The number of aliphatic hydroxyl groups excluding tert-OH is 1. The summed E-state index contributed by atoms with van der Waals surface area (Å²) in [6.45, 7) is 0.368. The minimum absolute atomic E-state index is 0.141. The van der Waals surface area contributed by atoms with Gasteiger partial charge in [0.2, 0.25) is 0 Å². The molecule has 0 unspecified atom stereocenters. The Morgan fingerprint density at radius 1 is 1.15 bits per heavy atom. The highest BCUT2D eigenvalue weighted by Crippen LogP contribution is 2.34. The van der Waals surface area contributed by atoms with E-state index in [1.165, 1.54) is 5.56 Å². The zero-order valence-electron chi connectivity index (χ0n) is 11.3. The minimum atomic E-state index is -0.141. The van der Waals surface area contributed by atoms with Gasteiger partial charge in [0.25, 0.3) is 0 Å². The first-order valence-corrected chi connectivity index (χ1v) is 6.76. The molecular weight excluding hydrogens is 276 g/mol.